The van der Waals surface area contributed by atoms with Crippen molar-refractivity contribution in [1.82, 2.24) is 4.31 Å². The van der Waals surface area contributed by atoms with Crippen LogP contribution in [0.1, 0.15) is 36.8 Å². The Balaban J connectivity index is 1.97. The number of nitrogen functional groups attached to an aromatic ring is 1. The van der Waals surface area contributed by atoms with Crippen LogP contribution in [0.4, 0.5) is 5.69 Å². The lowest BCUT2D eigenvalue weighted by molar-refractivity contribution is 0.381. The lowest BCUT2D eigenvalue weighted by atomic mass is 10.1. The zero-order chi connectivity index (χ0) is 15.2. The van der Waals surface area contributed by atoms with Crippen molar-refractivity contribution in [3.05, 3.63) is 23.3 Å². The molecule has 0 bridgehead atoms. The minimum absolute atomic E-state index is 0.420. The summed E-state index contributed by atoms with van der Waals surface area (Å²) in [4.78, 5) is 0.420. The van der Waals surface area contributed by atoms with Crippen LogP contribution >= 0.6 is 0 Å². The molecular weight excluding hydrogens is 284 g/mol. The van der Waals surface area contributed by atoms with E-state index in [1.165, 1.54) is 0 Å². The van der Waals surface area contributed by atoms with Gasteiger partial charge in [-0.2, -0.15) is 4.31 Å². The van der Waals surface area contributed by atoms with Crippen LogP contribution in [0, 0.1) is 25.7 Å². The van der Waals surface area contributed by atoms with Gasteiger partial charge >= 0.3 is 0 Å². The van der Waals surface area contributed by atoms with Crippen molar-refractivity contribution in [2.75, 3.05) is 18.8 Å². The van der Waals surface area contributed by atoms with E-state index in [-0.39, 0.29) is 0 Å². The van der Waals surface area contributed by atoms with Gasteiger partial charge in [-0.25, -0.2) is 8.42 Å². The van der Waals surface area contributed by atoms with E-state index in [1.807, 2.05) is 19.9 Å². The second-order valence-corrected chi connectivity index (χ2v) is 8.51. The number of anilines is 1. The van der Waals surface area contributed by atoms with Crippen LogP contribution < -0.4 is 5.73 Å². The highest BCUT2D eigenvalue weighted by Crippen LogP contribution is 2.37. The zero-order valence-corrected chi connectivity index (χ0v) is 13.6. The third-order valence-electron chi connectivity index (χ3n) is 4.56. The summed E-state index contributed by atoms with van der Waals surface area (Å²) in [6.45, 7) is 5.01. The minimum Gasteiger partial charge on any atom is -0.398 e. The molecule has 1 aromatic rings. The second kappa shape index (κ2) is 5.29. The molecular formula is C16H24N2O2S. The topological polar surface area (TPSA) is 63.4 Å². The van der Waals surface area contributed by atoms with Crippen molar-refractivity contribution in [1.29, 1.82) is 0 Å². The third-order valence-corrected chi connectivity index (χ3v) is 6.68. The normalized spacial score (nSPS) is 19.2. The fourth-order valence-corrected chi connectivity index (χ4v) is 4.87. The summed E-state index contributed by atoms with van der Waals surface area (Å²) in [6, 6.07) is 3.59. The summed E-state index contributed by atoms with van der Waals surface area (Å²) >= 11 is 0. The van der Waals surface area contributed by atoms with Crippen LogP contribution in [-0.2, 0) is 10.0 Å². The summed E-state index contributed by atoms with van der Waals surface area (Å²) in [6.07, 6.45) is 4.63. The first-order valence-corrected chi connectivity index (χ1v) is 9.19. The molecule has 2 aliphatic rings. The van der Waals surface area contributed by atoms with Gasteiger partial charge in [0, 0.05) is 18.8 Å². The minimum atomic E-state index is -3.44. The van der Waals surface area contributed by atoms with Gasteiger partial charge in [-0.15, -0.1) is 0 Å². The Morgan fingerprint density at radius 2 is 1.62 bits per heavy atom. The molecule has 0 heterocycles. The molecule has 21 heavy (non-hydrogen) atoms. The van der Waals surface area contributed by atoms with E-state index in [0.29, 0.717) is 41.1 Å². The fraction of sp³-hybridized carbons (Fsp3) is 0.625. The molecule has 0 saturated heterocycles. The maximum Gasteiger partial charge on any atom is 0.243 e. The largest absolute Gasteiger partial charge is 0.398 e. The molecule has 0 unspecified atom stereocenters. The molecule has 2 aliphatic carbocycles. The molecule has 2 fully saturated rings. The monoisotopic (exact) mass is 308 g/mol. The summed E-state index contributed by atoms with van der Waals surface area (Å²) in [5.74, 6) is 1.11. The third kappa shape index (κ3) is 3.09. The highest BCUT2D eigenvalue weighted by molar-refractivity contribution is 7.89. The predicted molar refractivity (Wildman–Crippen MR) is 84.5 cm³/mol. The quantitative estimate of drug-likeness (QED) is 0.822. The molecule has 1 aromatic carbocycles. The fourth-order valence-electron chi connectivity index (χ4n) is 2.82. The van der Waals surface area contributed by atoms with E-state index in [0.717, 1.165) is 31.2 Å². The lowest BCUT2D eigenvalue weighted by Crippen LogP contribution is -2.35. The Hall–Kier alpha value is -1.07. The van der Waals surface area contributed by atoms with Gasteiger partial charge in [-0.3, -0.25) is 0 Å². The van der Waals surface area contributed by atoms with Gasteiger partial charge in [0.2, 0.25) is 10.0 Å². The highest BCUT2D eigenvalue weighted by atomic mass is 32.2. The van der Waals surface area contributed by atoms with Gasteiger partial charge in [-0.05, 0) is 68.6 Å². The van der Waals surface area contributed by atoms with Crippen molar-refractivity contribution in [3.8, 4) is 0 Å². The molecule has 0 radical (unpaired) electrons. The van der Waals surface area contributed by atoms with E-state index in [4.69, 9.17) is 5.73 Å². The number of nitrogens with two attached hydrogens (primary N) is 1. The first-order valence-electron chi connectivity index (χ1n) is 7.75. The SMILES string of the molecule is Cc1ccc(N)c(C)c1S(=O)(=O)N(CC1CC1)CC1CC1. The number of nitrogens with zero attached hydrogens (tertiary/aromatic N) is 1. The average Bonchev–Trinajstić information content (AvgIpc) is 3.28. The van der Waals surface area contributed by atoms with Gasteiger partial charge in [-0.1, -0.05) is 6.07 Å². The Bertz CT molecular complexity index is 632. The van der Waals surface area contributed by atoms with Crippen molar-refractivity contribution < 1.29 is 8.42 Å². The molecule has 5 heteroatoms. The van der Waals surface area contributed by atoms with Crippen molar-refractivity contribution in [2.24, 2.45) is 11.8 Å². The first-order chi connectivity index (χ1) is 9.89. The molecule has 2 N–H and O–H groups in total. The first kappa shape index (κ1) is 14.9. The molecule has 3 rings (SSSR count). The molecule has 2 saturated carbocycles. The summed E-state index contributed by atoms with van der Waals surface area (Å²) in [5, 5.41) is 0. The second-order valence-electron chi connectivity index (χ2n) is 6.63. The van der Waals surface area contributed by atoms with E-state index in [2.05, 4.69) is 0 Å². The van der Waals surface area contributed by atoms with Gasteiger partial charge in [0.15, 0.2) is 0 Å². The van der Waals surface area contributed by atoms with Gasteiger partial charge in [0.1, 0.15) is 0 Å². The number of hydrogen-bond donors (Lipinski definition) is 1. The standard InChI is InChI=1S/C16H24N2O2S/c1-11-3-8-15(17)12(2)16(11)21(19,20)18(9-13-4-5-13)10-14-6-7-14/h3,8,13-14H,4-7,9-10,17H2,1-2H3. The molecule has 0 amide bonds. The molecule has 4 nitrogen and oxygen atoms in total. The van der Waals surface area contributed by atoms with Gasteiger partial charge < -0.3 is 5.73 Å². The maximum atomic E-state index is 13.1. The van der Waals surface area contributed by atoms with Crippen LogP contribution in [0.5, 0.6) is 0 Å². The molecule has 0 spiro atoms. The van der Waals surface area contributed by atoms with Crippen LogP contribution in [0.15, 0.2) is 17.0 Å². The Labute approximate surface area is 127 Å². The number of hydrogen-bond acceptors (Lipinski definition) is 3. The maximum absolute atomic E-state index is 13.1. The van der Waals surface area contributed by atoms with Crippen LogP contribution in [-0.4, -0.2) is 25.8 Å². The molecule has 0 aromatic heterocycles. The van der Waals surface area contributed by atoms with Crippen molar-refractivity contribution in [2.45, 2.75) is 44.4 Å². The zero-order valence-electron chi connectivity index (χ0n) is 12.8. The Kier molecular flexibility index (Phi) is 3.74. The summed E-state index contributed by atoms with van der Waals surface area (Å²) in [7, 11) is -3.44. The average molecular weight is 308 g/mol. The number of sulfonamides is 1. The molecule has 0 aliphatic heterocycles. The van der Waals surface area contributed by atoms with Crippen LogP contribution in [0.25, 0.3) is 0 Å². The van der Waals surface area contributed by atoms with E-state index in [9.17, 15) is 8.42 Å². The Morgan fingerprint density at radius 3 is 2.10 bits per heavy atom. The van der Waals surface area contributed by atoms with Crippen LogP contribution in [0.3, 0.4) is 0 Å². The number of benzene rings is 1. The van der Waals surface area contributed by atoms with Crippen molar-refractivity contribution >= 4 is 15.7 Å². The highest BCUT2D eigenvalue weighted by Gasteiger charge is 2.37. The molecule has 116 valence electrons. The summed E-state index contributed by atoms with van der Waals surface area (Å²) in [5.41, 5.74) is 7.96. The number of rotatable bonds is 6. The molecule has 0 atom stereocenters. The van der Waals surface area contributed by atoms with Gasteiger partial charge in [0.25, 0.3) is 0 Å². The summed E-state index contributed by atoms with van der Waals surface area (Å²) < 4.78 is 28.0. The van der Waals surface area contributed by atoms with Crippen LogP contribution in [0.2, 0.25) is 0 Å². The number of aryl methyl sites for hydroxylation is 1. The smallest absolute Gasteiger partial charge is 0.243 e. The van der Waals surface area contributed by atoms with E-state index in [1.54, 1.807) is 10.4 Å². The van der Waals surface area contributed by atoms with Gasteiger partial charge in [0.05, 0.1) is 4.90 Å². The lowest BCUT2D eigenvalue weighted by Gasteiger charge is -2.24. The predicted octanol–water partition coefficient (Wildman–Crippen LogP) is 2.70. The Morgan fingerprint density at radius 1 is 1.10 bits per heavy atom. The van der Waals surface area contributed by atoms with E-state index < -0.39 is 10.0 Å². The van der Waals surface area contributed by atoms with E-state index >= 15 is 0 Å². The van der Waals surface area contributed by atoms with Crippen molar-refractivity contribution in [3.63, 3.8) is 0 Å².